The number of likely N-dealkylation sites (tertiary alicyclic amines) is 1. The van der Waals surface area contributed by atoms with Crippen LogP contribution in [0, 0.1) is 0 Å². The van der Waals surface area contributed by atoms with Crippen LogP contribution < -0.4 is 0 Å². The molecule has 1 aliphatic rings. The molecule has 1 heterocycles. The van der Waals surface area contributed by atoms with Crippen molar-refractivity contribution in [3.63, 3.8) is 0 Å². The van der Waals surface area contributed by atoms with E-state index in [1.165, 1.54) is 5.56 Å². The first-order chi connectivity index (χ1) is 19.3. The summed E-state index contributed by atoms with van der Waals surface area (Å²) in [5, 5.41) is 11.0. The van der Waals surface area contributed by atoms with E-state index in [9.17, 15) is 9.90 Å². The monoisotopic (exact) mass is 554 g/mol. The minimum Gasteiger partial charge on any atom is -0.508 e. The molecule has 0 aromatic heterocycles. The van der Waals surface area contributed by atoms with Crippen LogP contribution in [0.1, 0.15) is 69.1 Å². The van der Waals surface area contributed by atoms with Crippen LogP contribution in [0.4, 0.5) is 0 Å². The van der Waals surface area contributed by atoms with Crippen molar-refractivity contribution in [1.82, 2.24) is 9.80 Å². The number of amides is 1. The molecule has 0 spiro atoms. The zero-order valence-electron chi connectivity index (χ0n) is 25.2. The Bertz CT molecular complexity index is 1020. The highest BCUT2D eigenvalue weighted by Gasteiger charge is 2.39. The summed E-state index contributed by atoms with van der Waals surface area (Å²) in [6.45, 7) is 7.51. The molecular weight excluding hydrogens is 504 g/mol. The predicted molar refractivity (Wildman–Crippen MR) is 160 cm³/mol. The number of rotatable bonds is 16. The van der Waals surface area contributed by atoms with Gasteiger partial charge in [0.05, 0.1) is 26.2 Å². The van der Waals surface area contributed by atoms with Gasteiger partial charge in [0.2, 0.25) is 5.91 Å². The standard InChI is InChI=1S/C33H50N2O5/c1-6-7-11-26(2)35(25-32(38-4)39-5)31(37)17-23-40-22-16-27-14-15-30(36)29(24-27)33(18-20-34(3)21-19-33)28-12-9-8-10-13-28/h8-10,12-15,24,26,32,36H,6-7,11,16-23,25H2,1-5H3/t26-/m1/s1. The number of ether oxygens (including phenoxy) is 3. The predicted octanol–water partition coefficient (Wildman–Crippen LogP) is 5.38. The third-order valence-electron chi connectivity index (χ3n) is 8.44. The molecule has 40 heavy (non-hydrogen) atoms. The average Bonchev–Trinajstić information content (AvgIpc) is 2.98. The second-order valence-electron chi connectivity index (χ2n) is 11.2. The van der Waals surface area contributed by atoms with Gasteiger partial charge in [-0.2, -0.15) is 0 Å². The summed E-state index contributed by atoms with van der Waals surface area (Å²) in [6.07, 6.45) is 5.64. The average molecular weight is 555 g/mol. The van der Waals surface area contributed by atoms with Crippen molar-refractivity contribution in [2.75, 3.05) is 54.1 Å². The number of benzene rings is 2. The summed E-state index contributed by atoms with van der Waals surface area (Å²) in [7, 11) is 5.35. The first-order valence-electron chi connectivity index (χ1n) is 14.8. The van der Waals surface area contributed by atoms with E-state index >= 15 is 0 Å². The van der Waals surface area contributed by atoms with E-state index < -0.39 is 6.29 Å². The number of carbonyl (C=O) groups is 1. The van der Waals surface area contributed by atoms with Gasteiger partial charge in [0.25, 0.3) is 0 Å². The lowest BCUT2D eigenvalue weighted by Gasteiger charge is -2.42. The number of phenols is 1. The third-order valence-corrected chi connectivity index (χ3v) is 8.44. The zero-order valence-corrected chi connectivity index (χ0v) is 25.2. The fourth-order valence-electron chi connectivity index (χ4n) is 5.78. The van der Waals surface area contributed by atoms with E-state index in [4.69, 9.17) is 14.2 Å². The maximum absolute atomic E-state index is 13.1. The smallest absolute Gasteiger partial charge is 0.225 e. The van der Waals surface area contributed by atoms with Crippen LogP contribution in [-0.4, -0.2) is 87.3 Å². The Kier molecular flexibility index (Phi) is 12.9. The van der Waals surface area contributed by atoms with Crippen LogP contribution in [0.5, 0.6) is 5.75 Å². The van der Waals surface area contributed by atoms with E-state index in [2.05, 4.69) is 56.1 Å². The van der Waals surface area contributed by atoms with Gasteiger partial charge in [-0.3, -0.25) is 4.79 Å². The van der Waals surface area contributed by atoms with Crippen molar-refractivity contribution in [2.24, 2.45) is 0 Å². The van der Waals surface area contributed by atoms with E-state index in [1.54, 1.807) is 14.2 Å². The van der Waals surface area contributed by atoms with Crippen LogP contribution in [0.3, 0.4) is 0 Å². The van der Waals surface area contributed by atoms with Crippen molar-refractivity contribution in [2.45, 2.75) is 76.5 Å². The highest BCUT2D eigenvalue weighted by Crippen LogP contribution is 2.45. The molecule has 1 fully saturated rings. The van der Waals surface area contributed by atoms with E-state index in [0.717, 1.165) is 62.7 Å². The normalized spacial score (nSPS) is 16.2. The number of aromatic hydroxyl groups is 1. The number of carbonyl (C=O) groups excluding carboxylic acids is 1. The molecule has 7 heteroatoms. The van der Waals surface area contributed by atoms with Gasteiger partial charge in [0.15, 0.2) is 6.29 Å². The Balaban J connectivity index is 1.61. The molecule has 3 rings (SSSR count). The van der Waals surface area contributed by atoms with Crippen LogP contribution >= 0.6 is 0 Å². The van der Waals surface area contributed by atoms with Crippen LogP contribution in [0.15, 0.2) is 48.5 Å². The van der Waals surface area contributed by atoms with E-state index in [0.29, 0.717) is 31.9 Å². The largest absolute Gasteiger partial charge is 0.508 e. The number of methoxy groups -OCH3 is 2. The molecule has 2 aromatic carbocycles. The minimum absolute atomic E-state index is 0.0571. The molecule has 0 radical (unpaired) electrons. The lowest BCUT2D eigenvalue weighted by atomic mass is 9.67. The number of phenolic OH excluding ortho intramolecular Hbond substituents is 1. The molecule has 222 valence electrons. The van der Waals surface area contributed by atoms with Gasteiger partial charge in [-0.15, -0.1) is 0 Å². The molecule has 1 atom stereocenters. The molecule has 1 saturated heterocycles. The maximum Gasteiger partial charge on any atom is 0.225 e. The number of hydrogen-bond acceptors (Lipinski definition) is 6. The second-order valence-corrected chi connectivity index (χ2v) is 11.2. The number of hydrogen-bond donors (Lipinski definition) is 1. The summed E-state index contributed by atoms with van der Waals surface area (Å²) >= 11 is 0. The van der Waals surface area contributed by atoms with Crippen molar-refractivity contribution in [3.8, 4) is 5.75 Å². The molecule has 1 aliphatic heterocycles. The van der Waals surface area contributed by atoms with E-state index in [1.807, 2.05) is 23.1 Å². The molecule has 2 aromatic rings. The van der Waals surface area contributed by atoms with E-state index in [-0.39, 0.29) is 17.4 Å². The Morgan fingerprint density at radius 1 is 1.07 bits per heavy atom. The first kappa shape index (κ1) is 32.1. The van der Waals surface area contributed by atoms with Gasteiger partial charge in [0, 0.05) is 31.2 Å². The van der Waals surface area contributed by atoms with Crippen molar-refractivity contribution < 1.29 is 24.1 Å². The van der Waals surface area contributed by atoms with Gasteiger partial charge < -0.3 is 29.1 Å². The molecule has 0 unspecified atom stereocenters. The van der Waals surface area contributed by atoms with Crippen LogP contribution in [0.2, 0.25) is 0 Å². The third kappa shape index (κ3) is 8.53. The second kappa shape index (κ2) is 16.1. The summed E-state index contributed by atoms with van der Waals surface area (Å²) in [5.74, 6) is 0.410. The Morgan fingerprint density at radius 2 is 1.77 bits per heavy atom. The zero-order chi connectivity index (χ0) is 29.0. The molecular formula is C33H50N2O5. The number of unbranched alkanes of at least 4 members (excludes halogenated alkanes) is 1. The Morgan fingerprint density at radius 3 is 2.42 bits per heavy atom. The fraction of sp³-hybridized carbons (Fsp3) is 0.606. The Labute approximate surface area is 241 Å². The minimum atomic E-state index is -0.443. The molecule has 1 amide bonds. The SMILES string of the molecule is CCCC[C@@H](C)N(CC(OC)OC)C(=O)CCOCCc1ccc(O)c(C2(c3ccccc3)CCN(C)CC2)c1. The Hall–Kier alpha value is -2.45. The van der Waals surface area contributed by atoms with Crippen molar-refractivity contribution in [3.05, 3.63) is 65.2 Å². The molecule has 0 bridgehead atoms. The fourth-order valence-corrected chi connectivity index (χ4v) is 5.78. The number of nitrogens with zero attached hydrogens (tertiary/aromatic N) is 2. The van der Waals surface area contributed by atoms with Gasteiger partial charge in [0.1, 0.15) is 5.75 Å². The van der Waals surface area contributed by atoms with Crippen LogP contribution in [0.25, 0.3) is 0 Å². The maximum atomic E-state index is 13.1. The molecule has 7 nitrogen and oxygen atoms in total. The van der Waals surface area contributed by atoms with Crippen molar-refractivity contribution >= 4 is 5.91 Å². The summed E-state index contributed by atoms with van der Waals surface area (Å²) < 4.78 is 16.7. The lowest BCUT2D eigenvalue weighted by Crippen LogP contribution is -2.44. The molecule has 0 saturated carbocycles. The van der Waals surface area contributed by atoms with Gasteiger partial charge in [-0.1, -0.05) is 62.2 Å². The summed E-state index contributed by atoms with van der Waals surface area (Å²) in [6, 6.07) is 16.7. The quantitative estimate of drug-likeness (QED) is 0.222. The highest BCUT2D eigenvalue weighted by atomic mass is 16.7. The van der Waals surface area contributed by atoms with Gasteiger partial charge in [-0.25, -0.2) is 0 Å². The molecule has 0 aliphatic carbocycles. The van der Waals surface area contributed by atoms with Gasteiger partial charge >= 0.3 is 0 Å². The highest BCUT2D eigenvalue weighted by molar-refractivity contribution is 5.76. The van der Waals surface area contributed by atoms with Gasteiger partial charge in [-0.05, 0) is 69.9 Å². The first-order valence-corrected chi connectivity index (χ1v) is 14.8. The summed E-state index contributed by atoms with van der Waals surface area (Å²) in [5.41, 5.74) is 3.18. The van der Waals surface area contributed by atoms with Crippen LogP contribution in [-0.2, 0) is 30.8 Å². The van der Waals surface area contributed by atoms with Crippen molar-refractivity contribution in [1.29, 1.82) is 0 Å². The molecule has 1 N–H and O–H groups in total. The summed E-state index contributed by atoms with van der Waals surface area (Å²) in [4.78, 5) is 17.3. The number of piperidine rings is 1. The topological polar surface area (TPSA) is 71.5 Å². The lowest BCUT2D eigenvalue weighted by molar-refractivity contribution is -0.150.